The van der Waals surface area contributed by atoms with Gasteiger partial charge in [-0.1, -0.05) is 0 Å². The number of hydrogen-bond donors (Lipinski definition) is 0. The van der Waals surface area contributed by atoms with E-state index in [1.165, 1.54) is 6.07 Å². The summed E-state index contributed by atoms with van der Waals surface area (Å²) in [5.41, 5.74) is 0.341. The van der Waals surface area contributed by atoms with Crippen LogP contribution in [0, 0.1) is 10.1 Å². The number of ether oxygens (including phenoxy) is 1. The van der Waals surface area contributed by atoms with Gasteiger partial charge in [-0.3, -0.25) is 19.7 Å². The zero-order valence-corrected chi connectivity index (χ0v) is 17.7. The zero-order valence-electron chi connectivity index (χ0n) is 17.7. The topological polar surface area (TPSA) is 107 Å². The van der Waals surface area contributed by atoms with Crippen LogP contribution in [-0.4, -0.2) is 62.2 Å². The molecule has 1 saturated heterocycles. The lowest BCUT2D eigenvalue weighted by molar-refractivity contribution is -0.384. The molecular weight excluding hydrogens is 400 g/mol. The second kappa shape index (κ2) is 7.86. The summed E-state index contributed by atoms with van der Waals surface area (Å²) in [6.07, 6.45) is 4.87. The Morgan fingerprint density at radius 1 is 1.10 bits per heavy atom. The fourth-order valence-corrected chi connectivity index (χ4v) is 3.50. The number of carbonyl (C=O) groups excluding carboxylic acids is 1. The Hall–Kier alpha value is -3.69. The van der Waals surface area contributed by atoms with Gasteiger partial charge >= 0.3 is 6.09 Å². The SMILES string of the molecule is CC(C)(C)OC(=O)N1CCN(c2cncc(-n3ccc4cc([N+](=O)[O-])ccc43)n2)CC1. The average Bonchev–Trinajstić information content (AvgIpc) is 3.16. The molecule has 162 valence electrons. The molecule has 10 heteroatoms. The van der Waals surface area contributed by atoms with Crippen LogP contribution in [0.15, 0.2) is 42.9 Å². The molecule has 1 amide bonds. The smallest absolute Gasteiger partial charge is 0.410 e. The second-order valence-electron chi connectivity index (χ2n) is 8.38. The van der Waals surface area contributed by atoms with E-state index in [9.17, 15) is 14.9 Å². The van der Waals surface area contributed by atoms with Crippen LogP contribution < -0.4 is 4.90 Å². The summed E-state index contributed by atoms with van der Waals surface area (Å²) in [7, 11) is 0. The quantitative estimate of drug-likeness (QED) is 0.468. The molecule has 0 atom stereocenters. The van der Waals surface area contributed by atoms with Crippen LogP contribution in [0.4, 0.5) is 16.3 Å². The maximum Gasteiger partial charge on any atom is 0.410 e. The number of piperazine rings is 1. The first kappa shape index (κ1) is 20.6. The third-order valence-corrected chi connectivity index (χ3v) is 5.00. The number of rotatable bonds is 3. The largest absolute Gasteiger partial charge is 0.444 e. The van der Waals surface area contributed by atoms with Crippen molar-refractivity contribution in [3.05, 3.63) is 53.0 Å². The summed E-state index contributed by atoms with van der Waals surface area (Å²) in [6.45, 7) is 7.88. The average molecular weight is 424 g/mol. The summed E-state index contributed by atoms with van der Waals surface area (Å²) >= 11 is 0. The van der Waals surface area contributed by atoms with E-state index in [4.69, 9.17) is 9.72 Å². The summed E-state index contributed by atoms with van der Waals surface area (Å²) in [5.74, 6) is 1.33. The number of nitrogens with zero attached hydrogens (tertiary/aromatic N) is 6. The Labute approximate surface area is 179 Å². The number of non-ortho nitro benzene ring substituents is 1. The van der Waals surface area contributed by atoms with Gasteiger partial charge in [-0.2, -0.15) is 0 Å². The predicted octanol–water partition coefficient (Wildman–Crippen LogP) is 3.39. The predicted molar refractivity (Wildman–Crippen MR) is 116 cm³/mol. The van der Waals surface area contributed by atoms with E-state index in [2.05, 4.69) is 9.88 Å². The first-order valence-corrected chi connectivity index (χ1v) is 10.0. The molecule has 3 heterocycles. The first-order chi connectivity index (χ1) is 14.7. The molecule has 1 aromatic carbocycles. The van der Waals surface area contributed by atoms with Crippen LogP contribution in [0.5, 0.6) is 0 Å². The van der Waals surface area contributed by atoms with Crippen molar-refractivity contribution in [2.75, 3.05) is 31.1 Å². The lowest BCUT2D eigenvalue weighted by Gasteiger charge is -2.36. The number of aromatic nitrogens is 3. The van der Waals surface area contributed by atoms with Crippen molar-refractivity contribution in [2.24, 2.45) is 0 Å². The Kier molecular flexibility index (Phi) is 5.22. The Balaban J connectivity index is 1.50. The summed E-state index contributed by atoms with van der Waals surface area (Å²) < 4.78 is 7.30. The number of fused-ring (bicyclic) bond motifs is 1. The van der Waals surface area contributed by atoms with E-state index in [1.54, 1.807) is 29.4 Å². The van der Waals surface area contributed by atoms with Crippen molar-refractivity contribution >= 4 is 28.5 Å². The number of benzene rings is 1. The summed E-state index contributed by atoms with van der Waals surface area (Å²) in [4.78, 5) is 35.7. The summed E-state index contributed by atoms with van der Waals surface area (Å²) in [6, 6.07) is 6.54. The van der Waals surface area contributed by atoms with E-state index in [-0.39, 0.29) is 11.8 Å². The highest BCUT2D eigenvalue weighted by molar-refractivity contribution is 5.84. The van der Waals surface area contributed by atoms with Crippen LogP contribution in [0.1, 0.15) is 20.8 Å². The molecule has 0 radical (unpaired) electrons. The normalized spacial score (nSPS) is 14.7. The van der Waals surface area contributed by atoms with Gasteiger partial charge in [0.05, 0.1) is 22.8 Å². The Morgan fingerprint density at radius 2 is 1.81 bits per heavy atom. The highest BCUT2D eigenvalue weighted by Crippen LogP contribution is 2.25. The van der Waals surface area contributed by atoms with Gasteiger partial charge in [-0.05, 0) is 32.9 Å². The van der Waals surface area contributed by atoms with E-state index in [0.29, 0.717) is 37.8 Å². The minimum Gasteiger partial charge on any atom is -0.444 e. The first-order valence-electron chi connectivity index (χ1n) is 10.0. The van der Waals surface area contributed by atoms with E-state index in [1.807, 2.05) is 37.6 Å². The third-order valence-electron chi connectivity index (χ3n) is 5.00. The van der Waals surface area contributed by atoms with Gasteiger partial charge in [0.2, 0.25) is 0 Å². The van der Waals surface area contributed by atoms with Crippen LogP contribution >= 0.6 is 0 Å². The van der Waals surface area contributed by atoms with Gasteiger partial charge in [-0.15, -0.1) is 0 Å². The second-order valence-corrected chi connectivity index (χ2v) is 8.38. The van der Waals surface area contributed by atoms with Crippen LogP contribution in [-0.2, 0) is 4.74 Å². The zero-order chi connectivity index (χ0) is 22.2. The number of hydrogen-bond acceptors (Lipinski definition) is 7. The van der Waals surface area contributed by atoms with Crippen LogP contribution in [0.25, 0.3) is 16.7 Å². The van der Waals surface area contributed by atoms with Gasteiger partial charge in [0, 0.05) is 49.9 Å². The molecule has 0 N–H and O–H groups in total. The maximum atomic E-state index is 12.3. The molecule has 0 bridgehead atoms. The number of amides is 1. The monoisotopic (exact) mass is 424 g/mol. The minimum absolute atomic E-state index is 0.0490. The summed E-state index contributed by atoms with van der Waals surface area (Å²) in [5, 5.41) is 11.8. The van der Waals surface area contributed by atoms with Crippen molar-refractivity contribution < 1.29 is 14.5 Å². The molecule has 0 saturated carbocycles. The van der Waals surface area contributed by atoms with Gasteiger partial charge in [-0.25, -0.2) is 9.78 Å². The molecule has 0 spiro atoms. The van der Waals surface area contributed by atoms with Crippen molar-refractivity contribution in [3.8, 4) is 5.82 Å². The molecule has 1 aliphatic rings. The van der Waals surface area contributed by atoms with Crippen LogP contribution in [0.3, 0.4) is 0 Å². The third kappa shape index (κ3) is 4.42. The lowest BCUT2D eigenvalue weighted by Crippen LogP contribution is -2.50. The lowest BCUT2D eigenvalue weighted by atomic mass is 10.2. The van der Waals surface area contributed by atoms with E-state index < -0.39 is 10.5 Å². The van der Waals surface area contributed by atoms with E-state index in [0.717, 1.165) is 10.9 Å². The molecule has 31 heavy (non-hydrogen) atoms. The number of nitro benzene ring substituents is 1. The van der Waals surface area contributed by atoms with Gasteiger partial charge in [0.15, 0.2) is 5.82 Å². The van der Waals surface area contributed by atoms with Crippen molar-refractivity contribution in [2.45, 2.75) is 26.4 Å². The highest BCUT2D eigenvalue weighted by Gasteiger charge is 2.26. The van der Waals surface area contributed by atoms with Crippen molar-refractivity contribution in [3.63, 3.8) is 0 Å². The molecule has 10 nitrogen and oxygen atoms in total. The molecule has 4 rings (SSSR count). The fraction of sp³-hybridized carbons (Fsp3) is 0.381. The number of nitro groups is 1. The fourth-order valence-electron chi connectivity index (χ4n) is 3.50. The maximum absolute atomic E-state index is 12.3. The Morgan fingerprint density at radius 3 is 2.48 bits per heavy atom. The number of anilines is 1. The molecular formula is C21H24N6O4. The molecule has 2 aromatic heterocycles. The number of carbonyl (C=O) groups is 1. The van der Waals surface area contributed by atoms with Crippen molar-refractivity contribution in [1.82, 2.24) is 19.4 Å². The van der Waals surface area contributed by atoms with Crippen molar-refractivity contribution in [1.29, 1.82) is 0 Å². The van der Waals surface area contributed by atoms with Gasteiger partial charge in [0.1, 0.15) is 11.4 Å². The van der Waals surface area contributed by atoms with Gasteiger partial charge < -0.3 is 14.5 Å². The van der Waals surface area contributed by atoms with Crippen LogP contribution in [0.2, 0.25) is 0 Å². The standard InChI is InChI=1S/C21H24N6O4/c1-21(2,3)31-20(28)25-10-8-24(9-11-25)18-13-22-14-19(23-18)26-7-6-15-12-16(27(29)30)4-5-17(15)26/h4-7,12-14H,8-11H2,1-3H3. The molecule has 1 aliphatic heterocycles. The molecule has 0 unspecified atom stereocenters. The van der Waals surface area contributed by atoms with Gasteiger partial charge in [0.25, 0.3) is 5.69 Å². The Bertz CT molecular complexity index is 1130. The molecule has 0 aliphatic carbocycles. The van der Waals surface area contributed by atoms with E-state index >= 15 is 0 Å². The molecule has 3 aromatic rings. The minimum atomic E-state index is -0.520. The highest BCUT2D eigenvalue weighted by atomic mass is 16.6. The molecule has 1 fully saturated rings.